The minimum atomic E-state index is -4.62. The average molecular weight is 359 g/mol. The Bertz CT molecular complexity index is 691. The Hall–Kier alpha value is -0.750. The quantitative estimate of drug-likeness (QED) is 0.536. The first kappa shape index (κ1) is 18.3. The summed E-state index contributed by atoms with van der Waals surface area (Å²) in [4.78, 5) is 0. The van der Waals surface area contributed by atoms with Crippen molar-refractivity contribution >= 4 is 32.2 Å². The second kappa shape index (κ2) is 7.01. The van der Waals surface area contributed by atoms with Gasteiger partial charge in [0, 0.05) is 11.1 Å². The first-order valence-electron chi connectivity index (χ1n) is 5.77. The van der Waals surface area contributed by atoms with Gasteiger partial charge in [-0.1, -0.05) is 36.7 Å². The van der Waals surface area contributed by atoms with Gasteiger partial charge in [0.1, 0.15) is 0 Å². The monoisotopic (exact) mass is 358 g/mol. The summed E-state index contributed by atoms with van der Waals surface area (Å²) >= 11 is 5.96. The van der Waals surface area contributed by atoms with Crippen LogP contribution in [0.25, 0.3) is 0 Å². The van der Waals surface area contributed by atoms with Crippen LogP contribution in [0.3, 0.4) is 0 Å². The molecule has 1 aromatic carbocycles. The molecular formula is C10H15ClN2O6S2. The van der Waals surface area contributed by atoms with E-state index in [-0.39, 0.29) is 17.0 Å². The second-order valence-corrected chi connectivity index (χ2v) is 6.98. The van der Waals surface area contributed by atoms with Gasteiger partial charge in [-0.2, -0.15) is 26.3 Å². The van der Waals surface area contributed by atoms with E-state index < -0.39 is 32.7 Å². The minimum absolute atomic E-state index is 0.123. The van der Waals surface area contributed by atoms with E-state index in [0.717, 1.165) is 0 Å². The molecule has 11 heteroatoms. The molecular weight excluding hydrogens is 344 g/mol. The molecule has 4 N–H and O–H groups in total. The van der Waals surface area contributed by atoms with Crippen LogP contribution in [0.1, 0.15) is 24.9 Å². The minimum Gasteiger partial charge on any atom is -0.273 e. The summed E-state index contributed by atoms with van der Waals surface area (Å²) < 4.78 is 65.7. The van der Waals surface area contributed by atoms with Crippen LogP contribution < -0.4 is 9.44 Å². The van der Waals surface area contributed by atoms with Gasteiger partial charge in [-0.3, -0.25) is 9.11 Å². The average Bonchev–Trinajstić information content (AvgIpc) is 2.32. The summed E-state index contributed by atoms with van der Waals surface area (Å²) in [7, 11) is -9.19. The van der Waals surface area contributed by atoms with Crippen LogP contribution in [0.15, 0.2) is 24.3 Å². The third-order valence-corrected chi connectivity index (χ3v) is 4.16. The third-order valence-electron chi connectivity index (χ3n) is 2.66. The lowest BCUT2D eigenvalue weighted by Crippen LogP contribution is -2.45. The molecule has 0 aliphatic rings. The highest BCUT2D eigenvalue weighted by molar-refractivity contribution is 7.84. The van der Waals surface area contributed by atoms with Crippen LogP contribution in [0.2, 0.25) is 5.02 Å². The molecule has 0 radical (unpaired) electrons. The van der Waals surface area contributed by atoms with Crippen molar-refractivity contribution in [2.45, 2.75) is 25.4 Å². The Kier molecular flexibility index (Phi) is 6.11. The Morgan fingerprint density at radius 2 is 1.62 bits per heavy atom. The largest absolute Gasteiger partial charge is 0.333 e. The summed E-state index contributed by atoms with van der Waals surface area (Å²) in [5.74, 6) is 0. The molecule has 0 aromatic heterocycles. The molecule has 0 saturated heterocycles. The van der Waals surface area contributed by atoms with Gasteiger partial charge >= 0.3 is 20.6 Å². The fourth-order valence-corrected chi connectivity index (χ4v) is 3.38. The predicted octanol–water partition coefficient (Wildman–Crippen LogP) is 0.945. The van der Waals surface area contributed by atoms with E-state index in [1.54, 1.807) is 19.1 Å². The fourth-order valence-electron chi connectivity index (χ4n) is 1.83. The van der Waals surface area contributed by atoms with E-state index >= 15 is 0 Å². The maximum absolute atomic E-state index is 11.1. The second-order valence-electron chi connectivity index (χ2n) is 4.20. The topological polar surface area (TPSA) is 133 Å². The molecule has 0 bridgehead atoms. The summed E-state index contributed by atoms with van der Waals surface area (Å²) in [6.07, 6.45) is 0.123. The molecule has 21 heavy (non-hydrogen) atoms. The lowest BCUT2D eigenvalue weighted by atomic mass is 9.99. The molecule has 120 valence electrons. The Morgan fingerprint density at radius 3 is 2.05 bits per heavy atom. The van der Waals surface area contributed by atoms with Crippen molar-refractivity contribution < 1.29 is 25.9 Å². The highest BCUT2D eigenvalue weighted by atomic mass is 35.5. The molecule has 0 fully saturated rings. The molecule has 0 spiro atoms. The number of hydrogen-bond acceptors (Lipinski definition) is 4. The normalized spacial score (nSPS) is 15.6. The van der Waals surface area contributed by atoms with E-state index in [2.05, 4.69) is 0 Å². The predicted molar refractivity (Wildman–Crippen MR) is 77.6 cm³/mol. The van der Waals surface area contributed by atoms with Crippen molar-refractivity contribution in [2.75, 3.05) is 0 Å². The van der Waals surface area contributed by atoms with E-state index in [9.17, 15) is 16.8 Å². The number of halogens is 1. The van der Waals surface area contributed by atoms with Crippen LogP contribution in [-0.4, -0.2) is 32.0 Å². The van der Waals surface area contributed by atoms with E-state index in [1.165, 1.54) is 12.1 Å². The standard InChI is InChI=1S/C10H15ClN2O6S2/c1-2-9(12-20(14,15)16)10(13-21(17,18)19)7-5-3-4-6-8(7)11/h3-6,9-10,12-13H,2H2,1H3,(H,14,15,16)(H,17,18,19)/t9-,10-/m1/s1. The van der Waals surface area contributed by atoms with Gasteiger partial charge in [0.05, 0.1) is 6.04 Å². The van der Waals surface area contributed by atoms with Crippen molar-refractivity contribution in [3.63, 3.8) is 0 Å². The number of rotatable bonds is 7. The molecule has 1 rings (SSSR count). The van der Waals surface area contributed by atoms with E-state index in [4.69, 9.17) is 20.7 Å². The highest BCUT2D eigenvalue weighted by Gasteiger charge is 2.29. The Labute approximate surface area is 128 Å². The molecule has 0 heterocycles. The van der Waals surface area contributed by atoms with Crippen LogP contribution in [0, 0.1) is 0 Å². The van der Waals surface area contributed by atoms with Gasteiger partial charge in [-0.25, -0.2) is 0 Å². The van der Waals surface area contributed by atoms with Crippen LogP contribution in [0.4, 0.5) is 0 Å². The lowest BCUT2D eigenvalue weighted by Gasteiger charge is -2.26. The van der Waals surface area contributed by atoms with Crippen LogP contribution in [-0.2, 0) is 20.6 Å². The van der Waals surface area contributed by atoms with Crippen molar-refractivity contribution in [1.29, 1.82) is 0 Å². The molecule has 0 unspecified atom stereocenters. The van der Waals surface area contributed by atoms with Crippen molar-refractivity contribution in [1.82, 2.24) is 9.44 Å². The molecule has 2 atom stereocenters. The molecule has 0 amide bonds. The molecule has 0 aliphatic heterocycles. The van der Waals surface area contributed by atoms with Crippen molar-refractivity contribution in [3.05, 3.63) is 34.9 Å². The highest BCUT2D eigenvalue weighted by Crippen LogP contribution is 2.27. The van der Waals surface area contributed by atoms with Crippen LogP contribution in [0.5, 0.6) is 0 Å². The van der Waals surface area contributed by atoms with Gasteiger partial charge in [-0.05, 0) is 18.1 Å². The smallest absolute Gasteiger partial charge is 0.273 e. The zero-order valence-corrected chi connectivity index (χ0v) is 13.3. The van der Waals surface area contributed by atoms with E-state index in [0.29, 0.717) is 0 Å². The first-order valence-corrected chi connectivity index (χ1v) is 9.03. The third kappa shape index (κ3) is 6.26. The number of benzene rings is 1. The Balaban J connectivity index is 3.27. The zero-order valence-electron chi connectivity index (χ0n) is 10.9. The summed E-state index contributed by atoms with van der Waals surface area (Å²) in [6.45, 7) is 1.57. The van der Waals surface area contributed by atoms with Gasteiger partial charge in [0.25, 0.3) is 0 Å². The van der Waals surface area contributed by atoms with Crippen molar-refractivity contribution in [2.24, 2.45) is 0 Å². The maximum atomic E-state index is 11.1. The number of nitrogens with one attached hydrogen (secondary N) is 2. The summed E-state index contributed by atoms with van der Waals surface area (Å²) in [5, 5.41) is 0.175. The number of hydrogen-bond donors (Lipinski definition) is 4. The van der Waals surface area contributed by atoms with Crippen LogP contribution >= 0.6 is 11.6 Å². The van der Waals surface area contributed by atoms with Crippen molar-refractivity contribution in [3.8, 4) is 0 Å². The van der Waals surface area contributed by atoms with Gasteiger partial charge < -0.3 is 0 Å². The fraction of sp³-hybridized carbons (Fsp3) is 0.400. The first-order chi connectivity index (χ1) is 9.53. The zero-order chi connectivity index (χ0) is 16.3. The molecule has 8 nitrogen and oxygen atoms in total. The lowest BCUT2D eigenvalue weighted by molar-refractivity contribution is 0.392. The molecule has 0 saturated carbocycles. The van der Waals surface area contributed by atoms with Gasteiger partial charge in [0.15, 0.2) is 0 Å². The summed E-state index contributed by atoms with van der Waals surface area (Å²) in [6, 6.07) is 3.88. The van der Waals surface area contributed by atoms with Gasteiger partial charge in [0.2, 0.25) is 0 Å². The van der Waals surface area contributed by atoms with Gasteiger partial charge in [-0.15, -0.1) is 0 Å². The Morgan fingerprint density at radius 1 is 1.10 bits per heavy atom. The summed E-state index contributed by atoms with van der Waals surface area (Å²) in [5.41, 5.74) is 0.250. The molecule has 1 aromatic rings. The SMILES string of the molecule is CC[C@@H](NS(=O)(=O)O)[C@H](NS(=O)(=O)O)c1ccccc1Cl. The molecule has 0 aliphatic carbocycles. The van der Waals surface area contributed by atoms with E-state index in [1.807, 2.05) is 9.44 Å². The maximum Gasteiger partial charge on any atom is 0.333 e.